The van der Waals surface area contributed by atoms with Crippen LogP contribution in [-0.2, 0) is 19.4 Å². The average Bonchev–Trinajstić information content (AvgIpc) is 3.29. The Morgan fingerprint density at radius 2 is 1.75 bits per heavy atom. The normalized spacial score (nSPS) is 20.8. The summed E-state index contributed by atoms with van der Waals surface area (Å²) in [4.78, 5) is 2.60. The summed E-state index contributed by atoms with van der Waals surface area (Å²) >= 11 is 0. The Labute approximate surface area is 188 Å². The Morgan fingerprint density at radius 3 is 2.53 bits per heavy atom. The Hall–Kier alpha value is -3.18. The number of nitrogens with zero attached hydrogens (tertiary/aromatic N) is 1. The summed E-state index contributed by atoms with van der Waals surface area (Å²) in [6.07, 6.45) is 1.96. The van der Waals surface area contributed by atoms with Crippen LogP contribution < -0.4 is 18.9 Å². The van der Waals surface area contributed by atoms with E-state index in [1.807, 2.05) is 0 Å². The summed E-state index contributed by atoms with van der Waals surface area (Å²) in [7, 11) is 3.44. The van der Waals surface area contributed by atoms with Gasteiger partial charge in [0.2, 0.25) is 6.79 Å². The van der Waals surface area contributed by atoms with E-state index in [1.54, 1.807) is 14.2 Å². The predicted molar refractivity (Wildman–Crippen MR) is 122 cm³/mol. The molecule has 0 aliphatic carbocycles. The molecule has 0 fully saturated rings. The minimum atomic E-state index is 0.277. The number of benzene rings is 3. The van der Waals surface area contributed by atoms with Crippen LogP contribution in [0.15, 0.2) is 54.6 Å². The van der Waals surface area contributed by atoms with Gasteiger partial charge in [-0.15, -0.1) is 0 Å². The van der Waals surface area contributed by atoms with Crippen LogP contribution in [0.1, 0.15) is 39.8 Å². The highest BCUT2D eigenvalue weighted by atomic mass is 16.7. The summed E-state index contributed by atoms with van der Waals surface area (Å²) in [5, 5.41) is 0. The molecule has 2 unspecified atom stereocenters. The molecule has 3 aliphatic rings. The van der Waals surface area contributed by atoms with Crippen molar-refractivity contribution in [1.82, 2.24) is 4.90 Å². The maximum Gasteiger partial charge on any atom is 0.231 e. The third-order valence-corrected chi connectivity index (χ3v) is 7.14. The molecule has 2 atom stereocenters. The second-order valence-electron chi connectivity index (χ2n) is 8.73. The van der Waals surface area contributed by atoms with E-state index in [4.69, 9.17) is 18.9 Å². The monoisotopic (exact) mass is 429 g/mol. The third kappa shape index (κ3) is 3.03. The molecule has 0 radical (unpaired) electrons. The van der Waals surface area contributed by atoms with Crippen molar-refractivity contribution in [2.24, 2.45) is 0 Å². The quantitative estimate of drug-likeness (QED) is 0.592. The Kier molecular flexibility index (Phi) is 4.72. The molecular formula is C27H27NO4. The van der Waals surface area contributed by atoms with E-state index >= 15 is 0 Å². The highest BCUT2D eigenvalue weighted by molar-refractivity contribution is 5.57. The molecule has 3 aromatic rings. The lowest BCUT2D eigenvalue weighted by Crippen LogP contribution is -2.42. The van der Waals surface area contributed by atoms with Crippen LogP contribution in [0.25, 0.3) is 0 Å². The van der Waals surface area contributed by atoms with Crippen molar-refractivity contribution in [3.05, 3.63) is 82.4 Å². The SMILES string of the molecule is COc1ccc2c(c1OC)CN1CCc3cc4c(cc3C1C2Cc1ccccc1)OCO4. The van der Waals surface area contributed by atoms with E-state index in [2.05, 4.69) is 59.5 Å². The third-order valence-electron chi connectivity index (χ3n) is 7.14. The fourth-order valence-electron chi connectivity index (χ4n) is 5.72. The highest BCUT2D eigenvalue weighted by Crippen LogP contribution is 2.52. The first-order valence-electron chi connectivity index (χ1n) is 11.2. The van der Waals surface area contributed by atoms with Gasteiger partial charge in [-0.3, -0.25) is 4.90 Å². The van der Waals surface area contributed by atoms with E-state index in [9.17, 15) is 0 Å². The van der Waals surface area contributed by atoms with Crippen molar-refractivity contribution >= 4 is 0 Å². The highest BCUT2D eigenvalue weighted by Gasteiger charge is 2.41. The summed E-state index contributed by atoms with van der Waals surface area (Å²) in [6, 6.07) is 19.8. The van der Waals surface area contributed by atoms with Crippen LogP contribution in [0.3, 0.4) is 0 Å². The minimum absolute atomic E-state index is 0.277. The van der Waals surface area contributed by atoms with Gasteiger partial charge in [-0.25, -0.2) is 0 Å². The Balaban J connectivity index is 1.52. The number of methoxy groups -OCH3 is 2. The number of hydrogen-bond acceptors (Lipinski definition) is 5. The number of ether oxygens (including phenoxy) is 4. The first kappa shape index (κ1) is 19.5. The lowest BCUT2D eigenvalue weighted by atomic mass is 9.73. The van der Waals surface area contributed by atoms with Gasteiger partial charge in [-0.2, -0.15) is 0 Å². The van der Waals surface area contributed by atoms with Crippen molar-refractivity contribution in [2.45, 2.75) is 31.3 Å². The van der Waals surface area contributed by atoms with E-state index in [-0.39, 0.29) is 6.04 Å². The minimum Gasteiger partial charge on any atom is -0.493 e. The molecule has 0 N–H and O–H groups in total. The Bertz CT molecular complexity index is 1160. The molecule has 0 saturated carbocycles. The van der Waals surface area contributed by atoms with Crippen LogP contribution >= 0.6 is 0 Å². The van der Waals surface area contributed by atoms with Crippen molar-refractivity contribution in [3.8, 4) is 23.0 Å². The summed E-state index contributed by atoms with van der Waals surface area (Å²) in [5.41, 5.74) is 6.67. The van der Waals surface area contributed by atoms with Crippen LogP contribution in [0.5, 0.6) is 23.0 Å². The molecule has 5 heteroatoms. The van der Waals surface area contributed by atoms with Crippen molar-refractivity contribution in [2.75, 3.05) is 27.6 Å². The van der Waals surface area contributed by atoms with Gasteiger partial charge in [0.05, 0.1) is 14.2 Å². The second kappa shape index (κ2) is 7.75. The number of hydrogen-bond donors (Lipinski definition) is 0. The van der Waals surface area contributed by atoms with Crippen LogP contribution in [-0.4, -0.2) is 32.5 Å². The molecule has 6 rings (SSSR count). The van der Waals surface area contributed by atoms with Gasteiger partial charge in [0.1, 0.15) is 0 Å². The van der Waals surface area contributed by atoms with Gasteiger partial charge in [0, 0.05) is 30.6 Å². The molecule has 0 spiro atoms. The first-order valence-corrected chi connectivity index (χ1v) is 11.2. The molecule has 5 nitrogen and oxygen atoms in total. The molecule has 0 aromatic heterocycles. The van der Waals surface area contributed by atoms with Crippen molar-refractivity contribution in [3.63, 3.8) is 0 Å². The topological polar surface area (TPSA) is 40.2 Å². The van der Waals surface area contributed by atoms with Crippen molar-refractivity contribution < 1.29 is 18.9 Å². The fourth-order valence-corrected chi connectivity index (χ4v) is 5.72. The maximum absolute atomic E-state index is 5.85. The van der Waals surface area contributed by atoms with Gasteiger partial charge in [-0.05, 0) is 53.3 Å². The number of fused-ring (bicyclic) bond motifs is 5. The summed E-state index contributed by atoms with van der Waals surface area (Å²) in [5.74, 6) is 3.68. The zero-order chi connectivity index (χ0) is 21.7. The first-order chi connectivity index (χ1) is 15.8. The van der Waals surface area contributed by atoms with Crippen LogP contribution in [0.4, 0.5) is 0 Å². The molecule has 3 aromatic carbocycles. The molecule has 0 saturated heterocycles. The van der Waals surface area contributed by atoms with Crippen molar-refractivity contribution in [1.29, 1.82) is 0 Å². The van der Waals surface area contributed by atoms with E-state index in [0.29, 0.717) is 12.7 Å². The zero-order valence-electron chi connectivity index (χ0n) is 18.5. The predicted octanol–water partition coefficient (Wildman–Crippen LogP) is 4.87. The summed E-state index contributed by atoms with van der Waals surface area (Å²) in [6.45, 7) is 2.15. The van der Waals surface area contributed by atoms with E-state index in [0.717, 1.165) is 48.9 Å². The molecule has 3 aliphatic heterocycles. The lowest BCUT2D eigenvalue weighted by Gasteiger charge is -2.46. The largest absolute Gasteiger partial charge is 0.493 e. The van der Waals surface area contributed by atoms with Gasteiger partial charge >= 0.3 is 0 Å². The lowest BCUT2D eigenvalue weighted by molar-refractivity contribution is 0.130. The van der Waals surface area contributed by atoms with E-state index < -0.39 is 0 Å². The zero-order valence-corrected chi connectivity index (χ0v) is 18.5. The average molecular weight is 430 g/mol. The van der Waals surface area contributed by atoms with Crippen LogP contribution in [0, 0.1) is 0 Å². The maximum atomic E-state index is 5.85. The second-order valence-corrected chi connectivity index (χ2v) is 8.73. The fraction of sp³-hybridized carbons (Fsp3) is 0.333. The van der Waals surface area contributed by atoms with E-state index in [1.165, 1.54) is 27.8 Å². The van der Waals surface area contributed by atoms with Gasteiger partial charge in [0.25, 0.3) is 0 Å². The molecule has 0 bridgehead atoms. The van der Waals surface area contributed by atoms with Gasteiger partial charge in [0.15, 0.2) is 23.0 Å². The van der Waals surface area contributed by atoms with Crippen LogP contribution in [0.2, 0.25) is 0 Å². The number of rotatable bonds is 4. The smallest absolute Gasteiger partial charge is 0.231 e. The summed E-state index contributed by atoms with van der Waals surface area (Å²) < 4.78 is 22.9. The van der Waals surface area contributed by atoms with Gasteiger partial charge in [-0.1, -0.05) is 36.4 Å². The molecule has 164 valence electrons. The molecular weight excluding hydrogens is 402 g/mol. The molecule has 3 heterocycles. The Morgan fingerprint density at radius 1 is 0.938 bits per heavy atom. The van der Waals surface area contributed by atoms with Gasteiger partial charge < -0.3 is 18.9 Å². The molecule has 32 heavy (non-hydrogen) atoms. The molecule has 0 amide bonds. The standard InChI is InChI=1S/C27H27NO4/c1-29-23-9-8-19-21(12-17-6-4-3-5-7-17)26-20-14-25-24(31-16-32-25)13-18(20)10-11-28(26)15-22(19)27(23)30-2/h3-9,13-14,21,26H,10-12,15-16H2,1-2H3.